The molecule has 4 aromatic rings. The summed E-state index contributed by atoms with van der Waals surface area (Å²) in [6.07, 6.45) is 0.842. The summed E-state index contributed by atoms with van der Waals surface area (Å²) in [4.78, 5) is 18.0. The molecule has 5 heteroatoms. The fraction of sp³-hybridized carbons (Fsp3) is 0.265. The average Bonchev–Trinajstić information content (AvgIpc) is 3.01. The highest BCUT2D eigenvalue weighted by atomic mass is 16.5. The first-order chi connectivity index (χ1) is 19.3. The van der Waals surface area contributed by atoms with Gasteiger partial charge in [-0.05, 0) is 40.8 Å². The highest BCUT2D eigenvalue weighted by Gasteiger charge is 2.21. The number of nitrogens with one attached hydrogen (secondary N) is 1. The second-order valence-electron chi connectivity index (χ2n) is 9.98. The predicted molar refractivity (Wildman–Crippen MR) is 159 cm³/mol. The second kappa shape index (κ2) is 13.7. The third-order valence-corrected chi connectivity index (χ3v) is 7.39. The first-order valence-electron chi connectivity index (χ1n) is 13.9. The molecule has 0 bridgehead atoms. The monoisotopic (exact) mass is 519 g/mol. The molecule has 1 heterocycles. The highest BCUT2D eigenvalue weighted by molar-refractivity contribution is 5.90. The maximum Gasteiger partial charge on any atom is 0.321 e. The number of hydrogen-bond acceptors (Lipinski definition) is 3. The topological polar surface area (TPSA) is 44.8 Å². The van der Waals surface area contributed by atoms with Crippen molar-refractivity contribution in [2.24, 2.45) is 0 Å². The number of benzene rings is 4. The zero-order chi connectivity index (χ0) is 26.7. The van der Waals surface area contributed by atoms with Gasteiger partial charge in [0.05, 0.1) is 13.2 Å². The highest BCUT2D eigenvalue weighted by Crippen LogP contribution is 2.28. The normalized spacial score (nSPS) is 13.8. The summed E-state index contributed by atoms with van der Waals surface area (Å²) in [6, 6.07) is 39.5. The van der Waals surface area contributed by atoms with Crippen LogP contribution < -0.4 is 5.32 Å². The van der Waals surface area contributed by atoms with Crippen molar-refractivity contribution in [1.82, 2.24) is 9.80 Å². The number of nitrogens with zero attached hydrogens (tertiary/aromatic N) is 2. The summed E-state index contributed by atoms with van der Waals surface area (Å²) in [5, 5.41) is 3.19. The van der Waals surface area contributed by atoms with Crippen LogP contribution in [0, 0.1) is 0 Å². The molecule has 0 radical (unpaired) electrons. The van der Waals surface area contributed by atoms with E-state index < -0.39 is 0 Å². The van der Waals surface area contributed by atoms with Gasteiger partial charge in [-0.3, -0.25) is 4.90 Å². The number of carbonyl (C=O) groups excluding carboxylic acids is 1. The van der Waals surface area contributed by atoms with Crippen molar-refractivity contribution >= 4 is 11.7 Å². The molecule has 0 atom stereocenters. The lowest BCUT2D eigenvalue weighted by Gasteiger charge is -2.31. The quantitative estimate of drug-likeness (QED) is 0.252. The number of anilines is 1. The molecule has 1 saturated heterocycles. The fourth-order valence-corrected chi connectivity index (χ4v) is 5.19. The molecule has 39 heavy (non-hydrogen) atoms. The molecule has 0 aliphatic carbocycles. The number of morpholine rings is 1. The van der Waals surface area contributed by atoms with Crippen molar-refractivity contribution in [3.8, 4) is 11.1 Å². The first kappa shape index (κ1) is 26.7. The van der Waals surface area contributed by atoms with Gasteiger partial charge in [0.1, 0.15) is 0 Å². The van der Waals surface area contributed by atoms with E-state index in [4.69, 9.17) is 4.74 Å². The van der Waals surface area contributed by atoms with Gasteiger partial charge in [-0.25, -0.2) is 4.79 Å². The van der Waals surface area contributed by atoms with Crippen LogP contribution in [0.1, 0.15) is 23.5 Å². The van der Waals surface area contributed by atoms with Crippen molar-refractivity contribution < 1.29 is 9.53 Å². The molecule has 1 fully saturated rings. The van der Waals surface area contributed by atoms with Gasteiger partial charge in [-0.15, -0.1) is 0 Å². The third kappa shape index (κ3) is 7.56. The van der Waals surface area contributed by atoms with E-state index in [2.05, 4.69) is 89.1 Å². The summed E-state index contributed by atoms with van der Waals surface area (Å²) in [5.41, 5.74) is 5.56. The number of rotatable bonds is 10. The molecule has 2 amide bonds. The Morgan fingerprint density at radius 3 is 1.97 bits per heavy atom. The Bertz CT molecular complexity index is 1250. The van der Waals surface area contributed by atoms with Crippen LogP contribution in [0.3, 0.4) is 0 Å². The van der Waals surface area contributed by atoms with E-state index in [-0.39, 0.29) is 11.9 Å². The summed E-state index contributed by atoms with van der Waals surface area (Å²) in [7, 11) is 0. The molecule has 0 spiro atoms. The van der Waals surface area contributed by atoms with Gasteiger partial charge in [0.25, 0.3) is 0 Å². The molecular weight excluding hydrogens is 482 g/mol. The number of hydrogen-bond donors (Lipinski definition) is 1. The summed E-state index contributed by atoms with van der Waals surface area (Å²) in [6.45, 7) is 5.48. The molecule has 0 saturated carbocycles. The Morgan fingerprint density at radius 1 is 0.744 bits per heavy atom. The van der Waals surface area contributed by atoms with Crippen molar-refractivity contribution in [1.29, 1.82) is 0 Å². The van der Waals surface area contributed by atoms with E-state index >= 15 is 0 Å². The molecule has 1 aliphatic heterocycles. The predicted octanol–water partition coefficient (Wildman–Crippen LogP) is 6.74. The molecule has 5 rings (SSSR count). The van der Waals surface area contributed by atoms with Gasteiger partial charge in [0.15, 0.2) is 0 Å². The maximum absolute atomic E-state index is 13.7. The van der Waals surface area contributed by atoms with Crippen molar-refractivity contribution in [3.05, 3.63) is 126 Å². The molecular formula is C34H37N3O2. The fourth-order valence-electron chi connectivity index (χ4n) is 5.19. The zero-order valence-electron chi connectivity index (χ0n) is 22.4. The Morgan fingerprint density at radius 2 is 1.33 bits per heavy atom. The van der Waals surface area contributed by atoms with Crippen molar-refractivity contribution in [3.63, 3.8) is 0 Å². The van der Waals surface area contributed by atoms with Gasteiger partial charge in [-0.2, -0.15) is 0 Å². The molecule has 5 nitrogen and oxygen atoms in total. The third-order valence-electron chi connectivity index (χ3n) is 7.39. The van der Waals surface area contributed by atoms with Gasteiger partial charge < -0.3 is 15.0 Å². The smallest absolute Gasteiger partial charge is 0.321 e. The lowest BCUT2D eigenvalue weighted by atomic mass is 9.88. The number of ether oxygens (including phenoxy) is 1. The molecule has 4 aromatic carbocycles. The van der Waals surface area contributed by atoms with Crippen LogP contribution in [-0.4, -0.2) is 61.8 Å². The van der Waals surface area contributed by atoms with Crippen molar-refractivity contribution in [2.45, 2.75) is 12.3 Å². The van der Waals surface area contributed by atoms with E-state index in [9.17, 15) is 4.79 Å². The minimum absolute atomic E-state index is 0.0617. The SMILES string of the molecule is O=C(Nc1cccc(-c2ccccc2)c1)N(CCC(c1ccccc1)c1ccccc1)CCN1CCOCC1. The van der Waals surface area contributed by atoms with E-state index in [1.165, 1.54) is 11.1 Å². The Kier molecular flexibility index (Phi) is 9.40. The molecule has 1 N–H and O–H groups in total. The Balaban J connectivity index is 1.32. The Hall–Kier alpha value is -3.93. The molecule has 0 unspecified atom stereocenters. The minimum atomic E-state index is -0.0617. The van der Waals surface area contributed by atoms with Gasteiger partial charge >= 0.3 is 6.03 Å². The van der Waals surface area contributed by atoms with E-state index in [0.717, 1.165) is 56.1 Å². The van der Waals surface area contributed by atoms with Gasteiger partial charge in [0, 0.05) is 44.3 Å². The zero-order valence-corrected chi connectivity index (χ0v) is 22.4. The number of amides is 2. The second-order valence-corrected chi connectivity index (χ2v) is 9.98. The Labute approximate surface area is 232 Å². The average molecular weight is 520 g/mol. The van der Waals surface area contributed by atoms with Crippen LogP contribution in [-0.2, 0) is 4.74 Å². The summed E-state index contributed by atoms with van der Waals surface area (Å²) >= 11 is 0. The van der Waals surface area contributed by atoms with Gasteiger partial charge in [0.2, 0.25) is 0 Å². The van der Waals surface area contributed by atoms with Crippen LogP contribution in [0.4, 0.5) is 10.5 Å². The van der Waals surface area contributed by atoms with Crippen molar-refractivity contribution in [2.75, 3.05) is 51.3 Å². The van der Waals surface area contributed by atoms with E-state index in [1.807, 2.05) is 41.3 Å². The van der Waals surface area contributed by atoms with E-state index in [1.54, 1.807) is 0 Å². The van der Waals surface area contributed by atoms with E-state index in [0.29, 0.717) is 13.1 Å². The van der Waals surface area contributed by atoms with Crippen LogP contribution in [0.25, 0.3) is 11.1 Å². The lowest BCUT2D eigenvalue weighted by molar-refractivity contribution is 0.0351. The standard InChI is InChI=1S/C34H37N3O2/c38-34(35-32-18-10-17-31(27-32)28-11-4-1-5-12-28)37(22-21-36-23-25-39-26-24-36)20-19-33(29-13-6-2-7-14-29)30-15-8-3-9-16-30/h1-18,27,33H,19-26H2,(H,35,38). The summed E-state index contributed by atoms with van der Waals surface area (Å²) in [5.74, 6) is 0.215. The van der Waals surface area contributed by atoms with Crippen LogP contribution in [0.15, 0.2) is 115 Å². The molecule has 1 aliphatic rings. The lowest BCUT2D eigenvalue weighted by Crippen LogP contribution is -2.44. The molecule has 200 valence electrons. The van der Waals surface area contributed by atoms with Crippen LogP contribution in [0.2, 0.25) is 0 Å². The summed E-state index contributed by atoms with van der Waals surface area (Å²) < 4.78 is 5.52. The number of carbonyl (C=O) groups is 1. The largest absolute Gasteiger partial charge is 0.379 e. The first-order valence-corrected chi connectivity index (χ1v) is 13.9. The van der Waals surface area contributed by atoms with Gasteiger partial charge in [-0.1, -0.05) is 103 Å². The number of urea groups is 1. The van der Waals surface area contributed by atoms with Crippen LogP contribution >= 0.6 is 0 Å². The van der Waals surface area contributed by atoms with Crippen LogP contribution in [0.5, 0.6) is 0 Å². The maximum atomic E-state index is 13.7. The minimum Gasteiger partial charge on any atom is -0.379 e. The molecule has 0 aromatic heterocycles.